The van der Waals surface area contributed by atoms with Gasteiger partial charge in [0.1, 0.15) is 18.5 Å². The highest BCUT2D eigenvalue weighted by molar-refractivity contribution is 5.30. The Balaban J connectivity index is 2.13. The number of hydrogen-bond acceptors (Lipinski definition) is 4. The lowest BCUT2D eigenvalue weighted by molar-refractivity contribution is 0.285. The van der Waals surface area contributed by atoms with E-state index in [0.717, 1.165) is 0 Å². The first-order valence-corrected chi connectivity index (χ1v) is 4.88. The molecule has 0 saturated carbocycles. The molecule has 0 spiro atoms. The van der Waals surface area contributed by atoms with Crippen LogP contribution in [0, 0.1) is 17.1 Å². The third-order valence-corrected chi connectivity index (χ3v) is 2.09. The average Bonchev–Trinajstić information content (AvgIpc) is 2.38. The normalized spacial score (nSPS) is 9.65. The molecule has 0 aliphatic carbocycles. The van der Waals surface area contributed by atoms with Gasteiger partial charge < -0.3 is 4.74 Å². The lowest BCUT2D eigenvalue weighted by Crippen LogP contribution is -2.02. The van der Waals surface area contributed by atoms with Gasteiger partial charge in [-0.15, -0.1) is 0 Å². The van der Waals surface area contributed by atoms with Gasteiger partial charge in [-0.2, -0.15) is 5.26 Å². The van der Waals surface area contributed by atoms with Crippen molar-refractivity contribution in [3.63, 3.8) is 0 Å². The molecule has 0 fully saturated rings. The van der Waals surface area contributed by atoms with Gasteiger partial charge >= 0.3 is 0 Å². The molecule has 2 aromatic rings. The van der Waals surface area contributed by atoms with Crippen molar-refractivity contribution in [2.75, 3.05) is 0 Å². The maximum Gasteiger partial charge on any atom is 0.251 e. The van der Waals surface area contributed by atoms with Crippen LogP contribution in [0.5, 0.6) is 5.88 Å². The summed E-state index contributed by atoms with van der Waals surface area (Å²) in [6.07, 6.45) is 2.81. The molecule has 1 aromatic heterocycles. The molecule has 84 valence electrons. The van der Waals surface area contributed by atoms with E-state index in [1.807, 2.05) is 6.07 Å². The van der Waals surface area contributed by atoms with Crippen molar-refractivity contribution in [3.05, 3.63) is 53.7 Å². The summed E-state index contributed by atoms with van der Waals surface area (Å²) in [7, 11) is 0. The number of halogens is 1. The van der Waals surface area contributed by atoms with E-state index in [2.05, 4.69) is 9.97 Å². The van der Waals surface area contributed by atoms with Crippen LogP contribution in [0.25, 0.3) is 0 Å². The molecular weight excluding hydrogens is 221 g/mol. The first-order valence-electron chi connectivity index (χ1n) is 4.88. The van der Waals surface area contributed by atoms with Gasteiger partial charge in [-0.25, -0.2) is 14.4 Å². The Kier molecular flexibility index (Phi) is 3.26. The molecule has 1 aromatic carbocycles. The standard InChI is InChI=1S/C12H8FN3O/c13-10-4-2-1-3-9(10)8-17-12-11(7-14)15-5-6-16-12/h1-6H,8H2. The van der Waals surface area contributed by atoms with Crippen molar-refractivity contribution < 1.29 is 9.13 Å². The zero-order valence-electron chi connectivity index (χ0n) is 8.80. The topological polar surface area (TPSA) is 58.8 Å². The van der Waals surface area contributed by atoms with Crippen LogP contribution in [0.15, 0.2) is 36.7 Å². The van der Waals surface area contributed by atoms with Crippen molar-refractivity contribution in [3.8, 4) is 11.9 Å². The molecule has 0 amide bonds. The second-order valence-corrected chi connectivity index (χ2v) is 3.20. The highest BCUT2D eigenvalue weighted by Gasteiger charge is 2.07. The van der Waals surface area contributed by atoms with Crippen LogP contribution < -0.4 is 4.74 Å². The van der Waals surface area contributed by atoms with Crippen molar-refractivity contribution in [2.45, 2.75) is 6.61 Å². The quantitative estimate of drug-likeness (QED) is 0.808. The number of aromatic nitrogens is 2. The van der Waals surface area contributed by atoms with Crippen LogP contribution >= 0.6 is 0 Å². The summed E-state index contributed by atoms with van der Waals surface area (Å²) in [5, 5.41) is 8.76. The predicted molar refractivity (Wildman–Crippen MR) is 57.5 cm³/mol. The zero-order valence-corrected chi connectivity index (χ0v) is 8.80. The maximum atomic E-state index is 13.3. The van der Waals surface area contributed by atoms with E-state index in [9.17, 15) is 4.39 Å². The van der Waals surface area contributed by atoms with E-state index in [4.69, 9.17) is 10.00 Å². The summed E-state index contributed by atoms with van der Waals surface area (Å²) >= 11 is 0. The minimum absolute atomic E-state index is 0.0139. The molecule has 4 nitrogen and oxygen atoms in total. The number of hydrogen-bond donors (Lipinski definition) is 0. The van der Waals surface area contributed by atoms with Gasteiger partial charge in [-0.3, -0.25) is 0 Å². The molecular formula is C12H8FN3O. The van der Waals surface area contributed by atoms with E-state index in [0.29, 0.717) is 5.56 Å². The van der Waals surface area contributed by atoms with Crippen LogP contribution in [0.2, 0.25) is 0 Å². The fourth-order valence-electron chi connectivity index (χ4n) is 1.27. The molecule has 0 unspecified atom stereocenters. The smallest absolute Gasteiger partial charge is 0.251 e. The first kappa shape index (κ1) is 11.0. The number of nitrogens with zero attached hydrogens (tertiary/aromatic N) is 3. The van der Waals surface area contributed by atoms with Gasteiger partial charge in [-0.1, -0.05) is 18.2 Å². The Morgan fingerprint density at radius 2 is 2.00 bits per heavy atom. The van der Waals surface area contributed by atoms with Crippen LogP contribution in [0.4, 0.5) is 4.39 Å². The number of benzene rings is 1. The van der Waals surface area contributed by atoms with Crippen molar-refractivity contribution in [1.29, 1.82) is 5.26 Å². The third-order valence-electron chi connectivity index (χ3n) is 2.09. The molecule has 2 rings (SSSR count). The van der Waals surface area contributed by atoms with Crippen molar-refractivity contribution in [1.82, 2.24) is 9.97 Å². The fourth-order valence-corrected chi connectivity index (χ4v) is 1.27. The average molecular weight is 229 g/mol. The summed E-state index contributed by atoms with van der Waals surface area (Å²) in [6, 6.07) is 8.12. The minimum atomic E-state index is -0.352. The highest BCUT2D eigenvalue weighted by Crippen LogP contribution is 2.13. The van der Waals surface area contributed by atoms with Gasteiger partial charge in [0.2, 0.25) is 5.69 Å². The van der Waals surface area contributed by atoms with Gasteiger partial charge in [-0.05, 0) is 6.07 Å². The Morgan fingerprint density at radius 3 is 2.76 bits per heavy atom. The molecule has 0 aliphatic heterocycles. The van der Waals surface area contributed by atoms with E-state index in [1.54, 1.807) is 18.2 Å². The molecule has 5 heteroatoms. The number of nitriles is 1. The molecule has 0 aliphatic rings. The van der Waals surface area contributed by atoms with Gasteiger partial charge in [0, 0.05) is 18.0 Å². The van der Waals surface area contributed by atoms with E-state index in [-0.39, 0.29) is 24.0 Å². The van der Waals surface area contributed by atoms with Gasteiger partial charge in [0.25, 0.3) is 5.88 Å². The molecule has 0 atom stereocenters. The summed E-state index contributed by atoms with van der Waals surface area (Å²) < 4.78 is 18.6. The SMILES string of the molecule is N#Cc1nccnc1OCc1ccccc1F. The fraction of sp³-hybridized carbons (Fsp3) is 0.0833. The lowest BCUT2D eigenvalue weighted by Gasteiger charge is -2.06. The summed E-state index contributed by atoms with van der Waals surface area (Å²) in [6.45, 7) is 0.0139. The Bertz CT molecular complexity index is 566. The largest absolute Gasteiger partial charge is 0.471 e. The maximum absolute atomic E-state index is 13.3. The van der Waals surface area contributed by atoms with Crippen LogP contribution in [-0.4, -0.2) is 9.97 Å². The predicted octanol–water partition coefficient (Wildman–Crippen LogP) is 2.07. The molecule has 0 radical (unpaired) electrons. The second kappa shape index (κ2) is 5.03. The van der Waals surface area contributed by atoms with E-state index >= 15 is 0 Å². The lowest BCUT2D eigenvalue weighted by atomic mass is 10.2. The number of rotatable bonds is 3. The highest BCUT2D eigenvalue weighted by atomic mass is 19.1. The molecule has 0 N–H and O–H groups in total. The summed E-state index contributed by atoms with van der Waals surface area (Å²) in [4.78, 5) is 7.65. The Hall–Kier alpha value is -2.48. The van der Waals surface area contributed by atoms with Crippen molar-refractivity contribution >= 4 is 0 Å². The Morgan fingerprint density at radius 1 is 1.24 bits per heavy atom. The van der Waals surface area contributed by atoms with E-state index < -0.39 is 0 Å². The molecule has 1 heterocycles. The van der Waals surface area contributed by atoms with Crippen LogP contribution in [0.3, 0.4) is 0 Å². The van der Waals surface area contributed by atoms with E-state index in [1.165, 1.54) is 18.5 Å². The molecule has 0 bridgehead atoms. The zero-order chi connectivity index (χ0) is 12.1. The van der Waals surface area contributed by atoms with Crippen LogP contribution in [-0.2, 0) is 6.61 Å². The van der Waals surface area contributed by atoms with Crippen LogP contribution in [0.1, 0.15) is 11.3 Å². The first-order chi connectivity index (χ1) is 8.31. The Labute approximate surface area is 97.3 Å². The third kappa shape index (κ3) is 2.55. The number of ether oxygens (including phenoxy) is 1. The van der Waals surface area contributed by atoms with Crippen molar-refractivity contribution in [2.24, 2.45) is 0 Å². The minimum Gasteiger partial charge on any atom is -0.471 e. The molecule has 0 saturated heterocycles. The summed E-state index contributed by atoms with van der Waals surface area (Å²) in [5.74, 6) is -0.242. The summed E-state index contributed by atoms with van der Waals surface area (Å²) in [5.41, 5.74) is 0.492. The second-order valence-electron chi connectivity index (χ2n) is 3.20. The monoisotopic (exact) mass is 229 g/mol. The van der Waals surface area contributed by atoms with Gasteiger partial charge in [0.15, 0.2) is 0 Å². The molecule has 17 heavy (non-hydrogen) atoms. The van der Waals surface area contributed by atoms with Gasteiger partial charge in [0.05, 0.1) is 0 Å².